The Bertz CT molecular complexity index is 2500. The van der Waals surface area contributed by atoms with Crippen LogP contribution in [0.4, 0.5) is 8.78 Å². The average Bonchev–Trinajstić information content (AvgIpc) is 3.47. The molecule has 0 amide bonds. The molecule has 53 heavy (non-hydrogen) atoms. The summed E-state index contributed by atoms with van der Waals surface area (Å²) in [7, 11) is 0. The van der Waals surface area contributed by atoms with E-state index in [-0.39, 0.29) is 16.4 Å². The summed E-state index contributed by atoms with van der Waals surface area (Å²) >= 11 is 0. The molecular weight excluding hydrogens is 659 g/mol. The minimum Gasteiger partial charge on any atom is -0.308 e. The molecule has 0 saturated carbocycles. The number of fused-ring (bicyclic) bond motifs is 3. The number of rotatable bonds is 5. The van der Waals surface area contributed by atoms with Crippen LogP contribution in [0.5, 0.6) is 0 Å². The largest absolute Gasteiger partial charge is 0.308 e. The Kier molecular flexibility index (Phi) is 8.29. The van der Waals surface area contributed by atoms with Gasteiger partial charge in [0.15, 0.2) is 17.5 Å². The topological polar surface area (TPSA) is 43.6 Å². The van der Waals surface area contributed by atoms with Crippen molar-refractivity contribution in [2.75, 3.05) is 0 Å². The maximum atomic E-state index is 15.5. The van der Waals surface area contributed by atoms with Crippen LogP contribution in [0.1, 0.15) is 52.7 Å². The molecule has 262 valence electrons. The summed E-state index contributed by atoms with van der Waals surface area (Å²) in [5, 5.41) is 2.15. The van der Waals surface area contributed by atoms with Crippen molar-refractivity contribution < 1.29 is 8.78 Å². The summed E-state index contributed by atoms with van der Waals surface area (Å²) in [6.07, 6.45) is 0. The lowest BCUT2D eigenvalue weighted by molar-refractivity contribution is 0.589. The fraction of sp³-hybridized carbons (Fsp3) is 0.170. The molecule has 0 saturated heterocycles. The van der Waals surface area contributed by atoms with Crippen molar-refractivity contribution in [3.05, 3.63) is 156 Å². The second kappa shape index (κ2) is 12.9. The van der Waals surface area contributed by atoms with Crippen molar-refractivity contribution >= 4 is 21.8 Å². The van der Waals surface area contributed by atoms with E-state index in [1.54, 1.807) is 6.07 Å². The SMILES string of the molecule is CC(C)(C)c1ccc2c3ccc(C(C)(C)C)cc3n(-c3cc(-c4c(F)cccc4F)ccc3-c3nc(-c4ccccc4)nc(-c4ccccc4)n3)c2c1. The molecule has 0 aliphatic carbocycles. The predicted octanol–water partition coefficient (Wildman–Crippen LogP) is 12.5. The number of aromatic nitrogens is 4. The van der Waals surface area contributed by atoms with E-state index in [1.807, 2.05) is 72.8 Å². The Balaban J connectivity index is 1.52. The van der Waals surface area contributed by atoms with Crippen molar-refractivity contribution in [2.45, 2.75) is 52.4 Å². The highest BCUT2D eigenvalue weighted by atomic mass is 19.1. The van der Waals surface area contributed by atoms with Gasteiger partial charge in [0.25, 0.3) is 0 Å². The third kappa shape index (κ3) is 6.29. The Morgan fingerprint density at radius 2 is 0.925 bits per heavy atom. The minimum atomic E-state index is -0.631. The van der Waals surface area contributed by atoms with Crippen molar-refractivity contribution in [3.8, 4) is 51.0 Å². The first-order valence-corrected chi connectivity index (χ1v) is 17.9. The smallest absolute Gasteiger partial charge is 0.166 e. The third-order valence-electron chi connectivity index (χ3n) is 9.93. The summed E-state index contributed by atoms with van der Waals surface area (Å²) in [6, 6.07) is 42.4. The molecule has 0 aliphatic heterocycles. The van der Waals surface area contributed by atoms with E-state index in [1.165, 1.54) is 29.3 Å². The standard InChI is InChI=1S/C47H40F2N4/c1-46(2,3)32-21-24-34-35-25-22-33(47(4,5)6)28-41(35)53(40(34)27-32)39-26-31(42-37(48)18-13-19-38(42)49)20-23-36(39)45-51-43(29-14-9-7-10-15-29)50-44(52-45)30-16-11-8-12-17-30/h7-28H,1-6H3. The monoisotopic (exact) mass is 698 g/mol. The lowest BCUT2D eigenvalue weighted by Gasteiger charge is -2.21. The highest BCUT2D eigenvalue weighted by Gasteiger charge is 2.25. The zero-order valence-electron chi connectivity index (χ0n) is 30.7. The van der Waals surface area contributed by atoms with Crippen LogP contribution in [-0.2, 0) is 10.8 Å². The Morgan fingerprint density at radius 1 is 0.453 bits per heavy atom. The Morgan fingerprint density at radius 3 is 1.40 bits per heavy atom. The number of hydrogen-bond acceptors (Lipinski definition) is 3. The zero-order valence-corrected chi connectivity index (χ0v) is 30.7. The van der Waals surface area contributed by atoms with E-state index in [2.05, 4.69) is 82.5 Å². The van der Waals surface area contributed by atoms with E-state index in [0.29, 0.717) is 34.3 Å². The van der Waals surface area contributed by atoms with E-state index < -0.39 is 11.6 Å². The summed E-state index contributed by atoms with van der Waals surface area (Å²) in [5.74, 6) is 0.235. The minimum absolute atomic E-state index is 0.0857. The molecule has 0 radical (unpaired) electrons. The second-order valence-corrected chi connectivity index (χ2v) is 15.7. The Hall–Kier alpha value is -6.01. The summed E-state index contributed by atoms with van der Waals surface area (Å²) in [5.41, 5.74) is 7.45. The van der Waals surface area contributed by atoms with Crippen molar-refractivity contribution in [1.29, 1.82) is 0 Å². The molecule has 0 bridgehead atoms. The fourth-order valence-corrected chi connectivity index (χ4v) is 6.98. The van der Waals surface area contributed by atoms with E-state index >= 15 is 8.78 Å². The van der Waals surface area contributed by atoms with Gasteiger partial charge in [-0.3, -0.25) is 0 Å². The first kappa shape index (κ1) is 34.1. The molecule has 8 aromatic rings. The maximum Gasteiger partial charge on any atom is 0.166 e. The number of nitrogens with zero attached hydrogens (tertiary/aromatic N) is 4. The number of hydrogen-bond donors (Lipinski definition) is 0. The molecule has 6 heteroatoms. The Labute approximate surface area is 308 Å². The molecular formula is C47H40F2N4. The van der Waals surface area contributed by atoms with Gasteiger partial charge >= 0.3 is 0 Å². The number of benzene rings is 6. The maximum absolute atomic E-state index is 15.5. The molecule has 0 unspecified atom stereocenters. The van der Waals surface area contributed by atoms with Gasteiger partial charge in [0.05, 0.1) is 22.3 Å². The van der Waals surface area contributed by atoms with Crippen molar-refractivity contribution in [1.82, 2.24) is 19.5 Å². The molecule has 0 spiro atoms. The van der Waals surface area contributed by atoms with Gasteiger partial charge < -0.3 is 4.57 Å². The first-order valence-electron chi connectivity index (χ1n) is 17.9. The van der Waals surface area contributed by atoms with Crippen LogP contribution >= 0.6 is 0 Å². The molecule has 2 aromatic heterocycles. The summed E-state index contributed by atoms with van der Waals surface area (Å²) < 4.78 is 33.2. The van der Waals surface area contributed by atoms with Gasteiger partial charge in [-0.05, 0) is 63.9 Å². The van der Waals surface area contributed by atoms with Crippen LogP contribution in [0.3, 0.4) is 0 Å². The lowest BCUT2D eigenvalue weighted by atomic mass is 9.86. The van der Waals surface area contributed by atoms with Crippen LogP contribution in [0.25, 0.3) is 72.8 Å². The second-order valence-electron chi connectivity index (χ2n) is 15.7. The highest BCUT2D eigenvalue weighted by Crippen LogP contribution is 2.41. The van der Waals surface area contributed by atoms with Gasteiger partial charge in [-0.15, -0.1) is 0 Å². The molecule has 0 aliphatic rings. The third-order valence-corrected chi connectivity index (χ3v) is 9.93. The molecule has 0 fully saturated rings. The van der Waals surface area contributed by atoms with Gasteiger partial charge in [-0.25, -0.2) is 23.7 Å². The average molecular weight is 699 g/mol. The van der Waals surface area contributed by atoms with Gasteiger partial charge in [0.2, 0.25) is 0 Å². The van der Waals surface area contributed by atoms with Crippen molar-refractivity contribution in [3.63, 3.8) is 0 Å². The zero-order chi connectivity index (χ0) is 37.1. The van der Waals surface area contributed by atoms with Gasteiger partial charge in [-0.2, -0.15) is 0 Å². The first-order chi connectivity index (χ1) is 25.4. The number of halogens is 2. The summed E-state index contributed by atoms with van der Waals surface area (Å²) in [6.45, 7) is 13.2. The van der Waals surface area contributed by atoms with E-state index in [0.717, 1.165) is 32.9 Å². The van der Waals surface area contributed by atoms with Gasteiger partial charge in [-0.1, -0.05) is 139 Å². The van der Waals surface area contributed by atoms with E-state index in [9.17, 15) is 0 Å². The van der Waals surface area contributed by atoms with Crippen molar-refractivity contribution in [2.24, 2.45) is 0 Å². The van der Waals surface area contributed by atoms with Crippen LogP contribution in [0.2, 0.25) is 0 Å². The van der Waals surface area contributed by atoms with Crippen LogP contribution < -0.4 is 0 Å². The van der Waals surface area contributed by atoms with Gasteiger partial charge in [0, 0.05) is 27.5 Å². The fourth-order valence-electron chi connectivity index (χ4n) is 6.98. The molecule has 0 N–H and O–H groups in total. The normalized spacial score (nSPS) is 12.2. The molecule has 2 heterocycles. The van der Waals surface area contributed by atoms with Gasteiger partial charge in [0.1, 0.15) is 11.6 Å². The molecule has 8 rings (SSSR count). The molecule has 0 atom stereocenters. The highest BCUT2D eigenvalue weighted by molar-refractivity contribution is 6.10. The van der Waals surface area contributed by atoms with Crippen LogP contribution in [0.15, 0.2) is 133 Å². The van der Waals surface area contributed by atoms with Crippen LogP contribution in [-0.4, -0.2) is 19.5 Å². The molecule has 6 aromatic carbocycles. The quantitative estimate of drug-likeness (QED) is 0.180. The summed E-state index contributed by atoms with van der Waals surface area (Å²) in [4.78, 5) is 15.1. The lowest BCUT2D eigenvalue weighted by Crippen LogP contribution is -2.11. The molecule has 4 nitrogen and oxygen atoms in total. The predicted molar refractivity (Wildman–Crippen MR) is 213 cm³/mol. The van der Waals surface area contributed by atoms with Crippen LogP contribution in [0, 0.1) is 11.6 Å². The van der Waals surface area contributed by atoms with E-state index in [4.69, 9.17) is 15.0 Å².